The van der Waals surface area contributed by atoms with Crippen LogP contribution in [0.1, 0.15) is 21.6 Å². The van der Waals surface area contributed by atoms with E-state index in [0.29, 0.717) is 16.3 Å². The average molecular weight is 292 g/mol. The summed E-state index contributed by atoms with van der Waals surface area (Å²) in [6.07, 6.45) is 1.43. The van der Waals surface area contributed by atoms with Gasteiger partial charge in [-0.2, -0.15) is 0 Å². The van der Waals surface area contributed by atoms with Crippen LogP contribution < -0.4 is 0 Å². The maximum Gasteiger partial charge on any atom is 0.277 e. The summed E-state index contributed by atoms with van der Waals surface area (Å²) >= 11 is 0. The monoisotopic (exact) mass is 292 g/mol. The lowest BCUT2D eigenvalue weighted by Crippen LogP contribution is -2.05. The predicted octanol–water partition coefficient (Wildman–Crippen LogP) is 3.68. The summed E-state index contributed by atoms with van der Waals surface area (Å²) in [5.41, 5.74) is 1.76. The molecule has 0 bridgehead atoms. The van der Waals surface area contributed by atoms with Crippen LogP contribution in [0.15, 0.2) is 54.7 Å². The number of carbonyl (C=O) groups is 1. The Hall–Kier alpha value is -3.08. The summed E-state index contributed by atoms with van der Waals surface area (Å²) in [5, 5.41) is 12.0. The number of pyridine rings is 1. The highest BCUT2D eigenvalue weighted by Gasteiger charge is 2.18. The topological polar surface area (TPSA) is 73.1 Å². The first-order chi connectivity index (χ1) is 10.6. The van der Waals surface area contributed by atoms with Crippen molar-refractivity contribution in [2.45, 2.75) is 6.92 Å². The molecule has 0 aliphatic rings. The molecule has 3 aromatic rings. The lowest BCUT2D eigenvalue weighted by atomic mass is 10.0. The molecule has 0 unspecified atom stereocenters. The van der Waals surface area contributed by atoms with E-state index in [2.05, 4.69) is 4.98 Å². The SMILES string of the molecule is Cc1ccc(C(=O)c2nccc3c([N+](=O)[O-])cccc23)cc1. The van der Waals surface area contributed by atoms with Gasteiger partial charge in [-0.1, -0.05) is 42.0 Å². The molecule has 0 N–H and O–H groups in total. The number of nitrogens with zero attached hydrogens (tertiary/aromatic N) is 2. The van der Waals surface area contributed by atoms with Crippen molar-refractivity contribution in [3.8, 4) is 0 Å². The Morgan fingerprint density at radius 2 is 1.77 bits per heavy atom. The van der Waals surface area contributed by atoms with Gasteiger partial charge in [-0.05, 0) is 13.0 Å². The van der Waals surface area contributed by atoms with Crippen molar-refractivity contribution in [3.63, 3.8) is 0 Å². The van der Waals surface area contributed by atoms with Crippen LogP contribution in [0.2, 0.25) is 0 Å². The van der Waals surface area contributed by atoms with Crippen LogP contribution in [-0.4, -0.2) is 15.7 Å². The molecule has 1 aromatic heterocycles. The molecule has 1 heterocycles. The summed E-state index contributed by atoms with van der Waals surface area (Å²) in [4.78, 5) is 27.4. The number of hydrogen-bond donors (Lipinski definition) is 0. The van der Waals surface area contributed by atoms with Crippen molar-refractivity contribution in [2.24, 2.45) is 0 Å². The summed E-state index contributed by atoms with van der Waals surface area (Å²) < 4.78 is 0. The van der Waals surface area contributed by atoms with Crippen LogP contribution in [0.25, 0.3) is 10.8 Å². The molecule has 2 aromatic carbocycles. The molecule has 0 aliphatic heterocycles. The molecule has 0 radical (unpaired) electrons. The molecular weight excluding hydrogens is 280 g/mol. The van der Waals surface area contributed by atoms with Gasteiger partial charge in [-0.3, -0.25) is 19.9 Å². The molecule has 3 rings (SSSR count). The van der Waals surface area contributed by atoms with E-state index in [0.717, 1.165) is 5.56 Å². The van der Waals surface area contributed by atoms with E-state index in [1.807, 2.05) is 19.1 Å². The van der Waals surface area contributed by atoms with Gasteiger partial charge < -0.3 is 0 Å². The third kappa shape index (κ3) is 2.33. The largest absolute Gasteiger partial charge is 0.287 e. The van der Waals surface area contributed by atoms with E-state index in [-0.39, 0.29) is 17.2 Å². The first-order valence-electron chi connectivity index (χ1n) is 6.71. The smallest absolute Gasteiger partial charge is 0.277 e. The number of non-ortho nitro benzene ring substituents is 1. The molecule has 0 fully saturated rings. The Bertz CT molecular complexity index is 886. The highest BCUT2D eigenvalue weighted by atomic mass is 16.6. The Morgan fingerprint density at radius 1 is 1.05 bits per heavy atom. The number of aromatic nitrogens is 1. The number of hydrogen-bond acceptors (Lipinski definition) is 4. The van der Waals surface area contributed by atoms with Gasteiger partial charge in [0.25, 0.3) is 5.69 Å². The molecule has 0 spiro atoms. The fourth-order valence-electron chi connectivity index (χ4n) is 2.37. The summed E-state index contributed by atoms with van der Waals surface area (Å²) in [6, 6.07) is 13.4. The molecule has 0 aliphatic carbocycles. The second-order valence-electron chi connectivity index (χ2n) is 4.98. The highest BCUT2D eigenvalue weighted by Crippen LogP contribution is 2.27. The van der Waals surface area contributed by atoms with Crippen LogP contribution in [0, 0.1) is 17.0 Å². The van der Waals surface area contributed by atoms with Gasteiger partial charge in [0.05, 0.1) is 10.3 Å². The molecule has 108 valence electrons. The van der Waals surface area contributed by atoms with Crippen LogP contribution >= 0.6 is 0 Å². The van der Waals surface area contributed by atoms with Gasteiger partial charge in [-0.15, -0.1) is 0 Å². The predicted molar refractivity (Wildman–Crippen MR) is 83.0 cm³/mol. The third-order valence-electron chi connectivity index (χ3n) is 3.51. The maximum atomic E-state index is 12.6. The first-order valence-corrected chi connectivity index (χ1v) is 6.71. The number of fused-ring (bicyclic) bond motifs is 1. The van der Waals surface area contributed by atoms with Crippen molar-refractivity contribution in [3.05, 3.63) is 81.7 Å². The summed E-state index contributed by atoms with van der Waals surface area (Å²) in [5.74, 6) is -0.244. The highest BCUT2D eigenvalue weighted by molar-refractivity contribution is 6.15. The van der Waals surface area contributed by atoms with Gasteiger partial charge in [0, 0.05) is 23.2 Å². The van der Waals surface area contributed by atoms with Crippen molar-refractivity contribution in [1.82, 2.24) is 4.98 Å². The zero-order valence-electron chi connectivity index (χ0n) is 11.8. The van der Waals surface area contributed by atoms with Gasteiger partial charge >= 0.3 is 0 Å². The van der Waals surface area contributed by atoms with Crippen LogP contribution in [0.3, 0.4) is 0 Å². The van der Waals surface area contributed by atoms with Crippen molar-refractivity contribution in [1.29, 1.82) is 0 Å². The molecule has 5 nitrogen and oxygen atoms in total. The molecular formula is C17H12N2O3. The molecule has 0 saturated heterocycles. The molecule has 22 heavy (non-hydrogen) atoms. The second-order valence-corrected chi connectivity index (χ2v) is 4.98. The fraction of sp³-hybridized carbons (Fsp3) is 0.0588. The lowest BCUT2D eigenvalue weighted by Gasteiger charge is -2.05. The van der Waals surface area contributed by atoms with Gasteiger partial charge in [-0.25, -0.2) is 0 Å². The van der Waals surface area contributed by atoms with E-state index in [9.17, 15) is 14.9 Å². The van der Waals surface area contributed by atoms with E-state index in [1.54, 1.807) is 30.3 Å². The van der Waals surface area contributed by atoms with Crippen molar-refractivity contribution >= 4 is 22.2 Å². The number of carbonyl (C=O) groups excluding carboxylic acids is 1. The normalized spacial score (nSPS) is 10.6. The number of nitro groups is 1. The Kier molecular flexibility index (Phi) is 3.39. The third-order valence-corrected chi connectivity index (χ3v) is 3.51. The molecule has 0 amide bonds. The van der Waals surface area contributed by atoms with Crippen LogP contribution in [-0.2, 0) is 0 Å². The zero-order valence-corrected chi connectivity index (χ0v) is 11.8. The number of ketones is 1. The summed E-state index contributed by atoms with van der Waals surface area (Å²) in [6.45, 7) is 1.94. The molecule has 0 saturated carbocycles. The van der Waals surface area contributed by atoms with Gasteiger partial charge in [0.1, 0.15) is 5.69 Å². The van der Waals surface area contributed by atoms with Crippen molar-refractivity contribution in [2.75, 3.05) is 0 Å². The van der Waals surface area contributed by atoms with E-state index < -0.39 is 4.92 Å². The number of aryl methyl sites for hydroxylation is 1. The molecule has 0 atom stereocenters. The average Bonchev–Trinajstić information content (AvgIpc) is 2.53. The summed E-state index contributed by atoms with van der Waals surface area (Å²) in [7, 11) is 0. The van der Waals surface area contributed by atoms with Gasteiger partial charge in [0.15, 0.2) is 0 Å². The van der Waals surface area contributed by atoms with Crippen LogP contribution in [0.5, 0.6) is 0 Å². The minimum atomic E-state index is -0.456. The van der Waals surface area contributed by atoms with Crippen LogP contribution in [0.4, 0.5) is 5.69 Å². The standard InChI is InChI=1S/C17H12N2O3/c1-11-5-7-12(8-6-11)17(20)16-14-3-2-4-15(19(21)22)13(14)9-10-18-16/h2-10H,1H3. The molecule has 5 heteroatoms. The zero-order chi connectivity index (χ0) is 15.7. The minimum absolute atomic E-state index is 0.0298. The fourth-order valence-corrected chi connectivity index (χ4v) is 2.37. The van der Waals surface area contributed by atoms with E-state index >= 15 is 0 Å². The van der Waals surface area contributed by atoms with E-state index in [4.69, 9.17) is 0 Å². The maximum absolute atomic E-state index is 12.6. The Labute approximate surface area is 126 Å². The number of benzene rings is 2. The second kappa shape index (κ2) is 5.37. The Balaban J connectivity index is 2.19. The lowest BCUT2D eigenvalue weighted by molar-refractivity contribution is -0.383. The van der Waals surface area contributed by atoms with Gasteiger partial charge in [0.2, 0.25) is 5.78 Å². The number of rotatable bonds is 3. The number of nitro benzene ring substituents is 1. The quantitative estimate of drug-likeness (QED) is 0.419. The first kappa shape index (κ1) is 13.9. The Morgan fingerprint density at radius 3 is 2.45 bits per heavy atom. The van der Waals surface area contributed by atoms with Crippen molar-refractivity contribution < 1.29 is 9.72 Å². The van der Waals surface area contributed by atoms with E-state index in [1.165, 1.54) is 12.3 Å². The minimum Gasteiger partial charge on any atom is -0.287 e.